The summed E-state index contributed by atoms with van der Waals surface area (Å²) in [6.07, 6.45) is 11.5. The largest absolute Gasteiger partial charge is 0.472 e. The van der Waals surface area contributed by atoms with Gasteiger partial charge in [-0.3, -0.25) is 13.8 Å². The van der Waals surface area contributed by atoms with Gasteiger partial charge < -0.3 is 46.0 Å². The highest BCUT2D eigenvalue weighted by atomic mass is 31.2. The van der Waals surface area contributed by atoms with Crippen molar-refractivity contribution in [1.82, 2.24) is 5.32 Å². The fourth-order valence-electron chi connectivity index (χ4n) is 6.30. The molecular weight excluding hydrogens is 681 g/mol. The number of nitrogens with one attached hydrogen (secondary N) is 1. The van der Waals surface area contributed by atoms with Crippen molar-refractivity contribution < 1.29 is 59.0 Å². The monoisotopic (exact) mass is 753 g/mol. The van der Waals surface area contributed by atoms with Gasteiger partial charge in [-0.05, 0) is 38.5 Å². The molecule has 9 N–H and O–H groups in total. The lowest BCUT2D eigenvalue weighted by Gasteiger charge is -2.41. The Balaban J connectivity index is 2.64. The van der Waals surface area contributed by atoms with E-state index in [0.29, 0.717) is 12.8 Å². The third-order valence-corrected chi connectivity index (χ3v) is 10.6. The van der Waals surface area contributed by atoms with E-state index in [2.05, 4.69) is 31.3 Å². The number of phosphoric ester groups is 1. The van der Waals surface area contributed by atoms with Gasteiger partial charge in [-0.2, -0.15) is 0 Å². The molecule has 0 saturated heterocycles. The third kappa shape index (κ3) is 21.5. The van der Waals surface area contributed by atoms with Crippen LogP contribution in [0.25, 0.3) is 0 Å². The number of aliphatic hydroxyl groups excluding tert-OH is 7. The summed E-state index contributed by atoms with van der Waals surface area (Å²) in [5.74, 6) is -0.573. The van der Waals surface area contributed by atoms with Crippen molar-refractivity contribution in [3.8, 4) is 0 Å². The van der Waals surface area contributed by atoms with Crippen LogP contribution in [0.4, 0.5) is 0 Å². The molecule has 13 nitrogen and oxygen atoms in total. The van der Waals surface area contributed by atoms with Crippen molar-refractivity contribution in [2.75, 3.05) is 6.61 Å². The van der Waals surface area contributed by atoms with Crippen LogP contribution in [0.5, 0.6) is 0 Å². The Morgan fingerprint density at radius 3 is 1.65 bits per heavy atom. The molecule has 8 unspecified atom stereocenters. The number of phosphoric acid groups is 1. The van der Waals surface area contributed by atoms with E-state index < -0.39 is 75.2 Å². The minimum absolute atomic E-state index is 0.231. The Bertz CT molecular complexity index is 943. The number of rotatable bonds is 31. The highest BCUT2D eigenvalue weighted by Gasteiger charge is 2.51. The molecule has 0 aromatic rings. The number of carbonyl (C=O) groups is 1. The third-order valence-electron chi connectivity index (χ3n) is 9.63. The maximum Gasteiger partial charge on any atom is 0.472 e. The van der Waals surface area contributed by atoms with Crippen molar-refractivity contribution in [2.45, 2.75) is 210 Å². The average Bonchev–Trinajstić information content (AvgIpc) is 3.09. The molecule has 302 valence electrons. The summed E-state index contributed by atoms with van der Waals surface area (Å²) in [5, 5.41) is 74.1. The molecule has 51 heavy (non-hydrogen) atoms. The zero-order valence-corrected chi connectivity index (χ0v) is 32.2. The lowest BCUT2D eigenvalue weighted by Crippen LogP contribution is -2.64. The molecular formula is C37H72NO12P. The summed E-state index contributed by atoms with van der Waals surface area (Å²) in [4.78, 5) is 23.3. The maximum atomic E-state index is 12.9. The van der Waals surface area contributed by atoms with E-state index in [1.54, 1.807) is 0 Å². The standard InChI is InChI=1S/C37H72NO12P/c1-3-5-7-9-11-13-15-17-19-21-23-25-30(40)29(27-49-51(47,48)50-37-35(45)33(43)32(42)34(44)36(37)46)38-31(41)26-28(39)24-22-20-18-16-14-12-10-8-6-4-2/h12,14,28-30,32-37,39-40,42-46H,3-11,13,15-27H2,1-2H3,(H,38,41)(H,47,48)/b14-12-. The van der Waals surface area contributed by atoms with Crippen LogP contribution < -0.4 is 5.32 Å². The van der Waals surface area contributed by atoms with E-state index in [1.165, 1.54) is 57.8 Å². The number of hydrogen-bond donors (Lipinski definition) is 9. The highest BCUT2D eigenvalue weighted by molar-refractivity contribution is 7.47. The van der Waals surface area contributed by atoms with Gasteiger partial charge in [0.2, 0.25) is 5.91 Å². The lowest BCUT2D eigenvalue weighted by atomic mass is 9.85. The molecule has 0 heterocycles. The van der Waals surface area contributed by atoms with Gasteiger partial charge in [-0.15, -0.1) is 0 Å². The SMILES string of the molecule is CCCCC/C=C\CCCCCC(O)CC(=O)NC(COP(=O)(O)OC1C(O)C(O)C(O)C(O)C1O)C(O)CCCCCCCCCCCCC. The minimum Gasteiger partial charge on any atom is -0.393 e. The van der Waals surface area contributed by atoms with E-state index in [0.717, 1.165) is 57.8 Å². The molecule has 1 saturated carbocycles. The fourth-order valence-corrected chi connectivity index (χ4v) is 7.26. The molecule has 1 rings (SSSR count). The van der Waals surface area contributed by atoms with E-state index in [4.69, 9.17) is 9.05 Å². The molecule has 0 aliphatic heterocycles. The quantitative estimate of drug-likeness (QED) is 0.0267. The van der Waals surface area contributed by atoms with E-state index in [-0.39, 0.29) is 12.8 Å². The zero-order valence-electron chi connectivity index (χ0n) is 31.3. The van der Waals surface area contributed by atoms with E-state index in [9.17, 15) is 50.0 Å². The first-order chi connectivity index (χ1) is 24.3. The van der Waals surface area contributed by atoms with Crippen LogP contribution >= 0.6 is 7.82 Å². The van der Waals surface area contributed by atoms with Crippen LogP contribution in [0.2, 0.25) is 0 Å². The van der Waals surface area contributed by atoms with Crippen LogP contribution in [0.1, 0.15) is 155 Å². The highest BCUT2D eigenvalue weighted by Crippen LogP contribution is 2.47. The number of amides is 1. The van der Waals surface area contributed by atoms with E-state index in [1.807, 2.05) is 0 Å². The molecule has 1 aliphatic carbocycles. The van der Waals surface area contributed by atoms with Gasteiger partial charge >= 0.3 is 7.82 Å². The van der Waals surface area contributed by atoms with Gasteiger partial charge in [0.25, 0.3) is 0 Å². The summed E-state index contributed by atoms with van der Waals surface area (Å²) in [6.45, 7) is 3.69. The summed E-state index contributed by atoms with van der Waals surface area (Å²) in [7, 11) is -5.10. The first-order valence-electron chi connectivity index (χ1n) is 19.7. The number of aliphatic hydroxyl groups is 7. The Labute approximate surface area is 306 Å². The minimum atomic E-state index is -5.10. The predicted octanol–water partition coefficient (Wildman–Crippen LogP) is 4.69. The summed E-state index contributed by atoms with van der Waals surface area (Å²) < 4.78 is 22.8. The lowest BCUT2D eigenvalue weighted by molar-refractivity contribution is -0.220. The first kappa shape index (κ1) is 48.1. The Morgan fingerprint density at radius 1 is 0.667 bits per heavy atom. The molecule has 0 aromatic heterocycles. The Kier molecular flexibility index (Phi) is 26.8. The summed E-state index contributed by atoms with van der Waals surface area (Å²) >= 11 is 0. The second kappa shape index (κ2) is 28.5. The Hall–Kier alpha value is -0.960. The van der Waals surface area contributed by atoms with Crippen LogP contribution in [0, 0.1) is 0 Å². The second-order valence-electron chi connectivity index (χ2n) is 14.3. The second-order valence-corrected chi connectivity index (χ2v) is 15.7. The van der Waals surface area contributed by atoms with Gasteiger partial charge in [0.15, 0.2) is 0 Å². The van der Waals surface area contributed by atoms with Gasteiger partial charge in [0.1, 0.15) is 36.6 Å². The van der Waals surface area contributed by atoms with E-state index >= 15 is 0 Å². The molecule has 14 heteroatoms. The van der Waals surface area contributed by atoms with Gasteiger partial charge in [0, 0.05) is 0 Å². The number of hydrogen-bond acceptors (Lipinski definition) is 11. The summed E-state index contributed by atoms with van der Waals surface area (Å²) in [6, 6.07) is -1.15. The maximum absolute atomic E-state index is 12.9. The molecule has 8 atom stereocenters. The zero-order chi connectivity index (χ0) is 38.1. The first-order valence-corrected chi connectivity index (χ1v) is 21.2. The number of unbranched alkanes of at least 4 members (excludes halogenated alkanes) is 16. The van der Waals surface area contributed by atoms with Crippen LogP contribution in [0.15, 0.2) is 12.2 Å². The van der Waals surface area contributed by atoms with Crippen molar-refractivity contribution in [3.63, 3.8) is 0 Å². The number of allylic oxidation sites excluding steroid dienone is 2. The van der Waals surface area contributed by atoms with Crippen LogP contribution in [-0.4, -0.2) is 108 Å². The van der Waals surface area contributed by atoms with Gasteiger partial charge in [-0.1, -0.05) is 122 Å². The van der Waals surface area contributed by atoms with Crippen LogP contribution in [0.3, 0.4) is 0 Å². The van der Waals surface area contributed by atoms with Crippen LogP contribution in [-0.2, 0) is 18.4 Å². The van der Waals surface area contributed by atoms with Crippen molar-refractivity contribution >= 4 is 13.7 Å². The number of carbonyl (C=O) groups excluding carboxylic acids is 1. The van der Waals surface area contributed by atoms with Crippen molar-refractivity contribution in [2.24, 2.45) is 0 Å². The fraction of sp³-hybridized carbons (Fsp3) is 0.919. The van der Waals surface area contributed by atoms with Crippen molar-refractivity contribution in [3.05, 3.63) is 12.2 Å². The molecule has 1 amide bonds. The molecule has 0 spiro atoms. The summed E-state index contributed by atoms with van der Waals surface area (Å²) in [5.41, 5.74) is 0. The van der Waals surface area contributed by atoms with Gasteiger partial charge in [0.05, 0.1) is 31.3 Å². The van der Waals surface area contributed by atoms with Gasteiger partial charge in [-0.25, -0.2) is 4.57 Å². The molecule has 1 aliphatic rings. The molecule has 0 bridgehead atoms. The Morgan fingerprint density at radius 2 is 1.10 bits per heavy atom. The normalized spacial score (nSPS) is 25.5. The van der Waals surface area contributed by atoms with Crippen molar-refractivity contribution in [1.29, 1.82) is 0 Å². The topological polar surface area (TPSA) is 226 Å². The molecule has 1 fully saturated rings. The average molecular weight is 754 g/mol. The predicted molar refractivity (Wildman–Crippen MR) is 197 cm³/mol. The molecule has 0 radical (unpaired) electrons. The molecule has 0 aromatic carbocycles. The smallest absolute Gasteiger partial charge is 0.393 e.